The first-order chi connectivity index (χ1) is 7.13. The molecular formula is C10H19N3O2. The lowest BCUT2D eigenvalue weighted by Crippen LogP contribution is -2.48. The third-order valence-electron chi connectivity index (χ3n) is 2.63. The Hall–Kier alpha value is -1.10. The second-order valence-electron chi connectivity index (χ2n) is 4.04. The molecule has 0 aliphatic carbocycles. The molecule has 1 saturated heterocycles. The number of hydrogen-bond donors (Lipinski definition) is 1. The van der Waals surface area contributed by atoms with E-state index in [-0.39, 0.29) is 11.9 Å². The number of carbonyl (C=O) groups is 2. The summed E-state index contributed by atoms with van der Waals surface area (Å²) in [4.78, 5) is 25.6. The Bertz CT molecular complexity index is 223. The van der Waals surface area contributed by atoms with E-state index in [2.05, 4.69) is 0 Å². The van der Waals surface area contributed by atoms with E-state index in [1.54, 1.807) is 4.90 Å². The average molecular weight is 213 g/mol. The maximum atomic E-state index is 11.7. The first kappa shape index (κ1) is 12.0. The third kappa shape index (κ3) is 3.87. The van der Waals surface area contributed by atoms with Gasteiger partial charge in [0.2, 0.25) is 12.3 Å². The summed E-state index contributed by atoms with van der Waals surface area (Å²) in [5.41, 5.74) is 5.59. The fraction of sp³-hybridized carbons (Fsp3) is 0.800. The van der Waals surface area contributed by atoms with Gasteiger partial charge in [0, 0.05) is 38.6 Å². The standard InChI is InChI=1S/C10H19N3O2/c1-9(11)2-3-10(15)13-6-4-12(8-14)5-7-13/h8-9H,2-7,11H2,1H3. The van der Waals surface area contributed by atoms with Crippen molar-refractivity contribution >= 4 is 12.3 Å². The van der Waals surface area contributed by atoms with Gasteiger partial charge in [-0.05, 0) is 13.3 Å². The Morgan fingerprint density at radius 2 is 2.00 bits per heavy atom. The van der Waals surface area contributed by atoms with Crippen molar-refractivity contribution in [2.24, 2.45) is 5.73 Å². The van der Waals surface area contributed by atoms with Crippen molar-refractivity contribution < 1.29 is 9.59 Å². The van der Waals surface area contributed by atoms with Crippen molar-refractivity contribution in [1.29, 1.82) is 0 Å². The number of rotatable bonds is 4. The molecule has 5 heteroatoms. The van der Waals surface area contributed by atoms with Crippen molar-refractivity contribution in [2.75, 3.05) is 26.2 Å². The van der Waals surface area contributed by atoms with Gasteiger partial charge in [-0.15, -0.1) is 0 Å². The Balaban J connectivity index is 2.27. The number of amides is 2. The average Bonchev–Trinajstić information content (AvgIpc) is 2.26. The Kier molecular flexibility index (Phi) is 4.55. The third-order valence-corrected chi connectivity index (χ3v) is 2.63. The van der Waals surface area contributed by atoms with Crippen LogP contribution in [0.3, 0.4) is 0 Å². The van der Waals surface area contributed by atoms with Gasteiger partial charge in [0.1, 0.15) is 0 Å². The lowest BCUT2D eigenvalue weighted by molar-refractivity contribution is -0.135. The molecule has 1 aliphatic rings. The molecule has 0 bridgehead atoms. The van der Waals surface area contributed by atoms with Crippen LogP contribution < -0.4 is 5.73 Å². The second kappa shape index (κ2) is 5.70. The van der Waals surface area contributed by atoms with Crippen LogP contribution in [0.2, 0.25) is 0 Å². The van der Waals surface area contributed by atoms with E-state index < -0.39 is 0 Å². The fourth-order valence-corrected chi connectivity index (χ4v) is 1.59. The van der Waals surface area contributed by atoms with Gasteiger partial charge >= 0.3 is 0 Å². The minimum absolute atomic E-state index is 0.0743. The molecule has 1 heterocycles. The van der Waals surface area contributed by atoms with Crippen molar-refractivity contribution in [3.05, 3.63) is 0 Å². The van der Waals surface area contributed by atoms with Crippen LogP contribution in [0.25, 0.3) is 0 Å². The zero-order valence-electron chi connectivity index (χ0n) is 9.19. The molecule has 0 aromatic heterocycles. The summed E-state index contributed by atoms with van der Waals surface area (Å²) < 4.78 is 0. The van der Waals surface area contributed by atoms with Gasteiger partial charge in [0.05, 0.1) is 0 Å². The highest BCUT2D eigenvalue weighted by atomic mass is 16.2. The summed E-state index contributed by atoms with van der Waals surface area (Å²) >= 11 is 0. The monoisotopic (exact) mass is 213 g/mol. The van der Waals surface area contributed by atoms with Crippen LogP contribution in [-0.4, -0.2) is 54.3 Å². The lowest BCUT2D eigenvalue weighted by Gasteiger charge is -2.32. The SMILES string of the molecule is CC(N)CCC(=O)N1CCN(C=O)CC1. The van der Waals surface area contributed by atoms with Crippen molar-refractivity contribution in [3.63, 3.8) is 0 Å². The summed E-state index contributed by atoms with van der Waals surface area (Å²) in [5, 5.41) is 0. The molecule has 0 aromatic carbocycles. The van der Waals surface area contributed by atoms with E-state index in [0.29, 0.717) is 32.6 Å². The number of hydrogen-bond acceptors (Lipinski definition) is 3. The first-order valence-electron chi connectivity index (χ1n) is 5.36. The van der Waals surface area contributed by atoms with Crippen molar-refractivity contribution in [1.82, 2.24) is 9.80 Å². The highest BCUT2D eigenvalue weighted by molar-refractivity contribution is 5.76. The van der Waals surface area contributed by atoms with Gasteiger partial charge in [-0.2, -0.15) is 0 Å². The number of nitrogens with two attached hydrogens (primary N) is 1. The van der Waals surface area contributed by atoms with Crippen LogP contribution in [0.5, 0.6) is 0 Å². The van der Waals surface area contributed by atoms with Crippen LogP contribution in [0.15, 0.2) is 0 Å². The predicted molar refractivity (Wildman–Crippen MR) is 57.1 cm³/mol. The molecule has 5 nitrogen and oxygen atoms in total. The normalized spacial score (nSPS) is 18.8. The molecule has 0 saturated carbocycles. The van der Waals surface area contributed by atoms with Crippen LogP contribution >= 0.6 is 0 Å². The number of carbonyl (C=O) groups excluding carboxylic acids is 2. The number of nitrogens with zero attached hydrogens (tertiary/aromatic N) is 2. The quantitative estimate of drug-likeness (QED) is 0.635. The second-order valence-corrected chi connectivity index (χ2v) is 4.04. The first-order valence-corrected chi connectivity index (χ1v) is 5.36. The molecule has 2 amide bonds. The van der Waals surface area contributed by atoms with Gasteiger partial charge < -0.3 is 15.5 Å². The maximum absolute atomic E-state index is 11.7. The van der Waals surface area contributed by atoms with Crippen LogP contribution in [-0.2, 0) is 9.59 Å². The van der Waals surface area contributed by atoms with E-state index in [4.69, 9.17) is 5.73 Å². The summed E-state index contributed by atoms with van der Waals surface area (Å²) in [5.74, 6) is 0.151. The minimum atomic E-state index is 0.0743. The molecule has 2 N–H and O–H groups in total. The molecule has 1 aliphatic heterocycles. The zero-order valence-corrected chi connectivity index (χ0v) is 9.19. The van der Waals surface area contributed by atoms with Gasteiger partial charge in [-0.1, -0.05) is 0 Å². The number of piperazine rings is 1. The van der Waals surface area contributed by atoms with Crippen molar-refractivity contribution in [2.45, 2.75) is 25.8 Å². The maximum Gasteiger partial charge on any atom is 0.222 e. The van der Waals surface area contributed by atoms with E-state index in [1.165, 1.54) is 0 Å². The van der Waals surface area contributed by atoms with E-state index in [1.807, 2.05) is 11.8 Å². The molecule has 1 unspecified atom stereocenters. The topological polar surface area (TPSA) is 66.6 Å². The largest absolute Gasteiger partial charge is 0.342 e. The van der Waals surface area contributed by atoms with Crippen LogP contribution in [0.1, 0.15) is 19.8 Å². The van der Waals surface area contributed by atoms with Gasteiger partial charge in [0.15, 0.2) is 0 Å². The van der Waals surface area contributed by atoms with Crippen molar-refractivity contribution in [3.8, 4) is 0 Å². The van der Waals surface area contributed by atoms with E-state index in [0.717, 1.165) is 12.8 Å². The predicted octanol–water partition coefficient (Wildman–Crippen LogP) is -0.586. The van der Waals surface area contributed by atoms with Gasteiger partial charge in [0.25, 0.3) is 0 Å². The molecule has 1 atom stereocenters. The Morgan fingerprint density at radius 3 is 2.47 bits per heavy atom. The highest BCUT2D eigenvalue weighted by Gasteiger charge is 2.19. The summed E-state index contributed by atoms with van der Waals surface area (Å²) in [6.07, 6.45) is 2.08. The molecule has 86 valence electrons. The molecule has 1 rings (SSSR count). The Morgan fingerprint density at radius 1 is 1.40 bits per heavy atom. The molecule has 15 heavy (non-hydrogen) atoms. The van der Waals surface area contributed by atoms with Crippen LogP contribution in [0, 0.1) is 0 Å². The summed E-state index contributed by atoms with van der Waals surface area (Å²) in [6.45, 7) is 4.49. The Labute approximate surface area is 90.2 Å². The van der Waals surface area contributed by atoms with Crippen LogP contribution in [0.4, 0.5) is 0 Å². The van der Waals surface area contributed by atoms with E-state index in [9.17, 15) is 9.59 Å². The highest BCUT2D eigenvalue weighted by Crippen LogP contribution is 2.04. The molecule has 0 aromatic rings. The molecule has 0 radical (unpaired) electrons. The minimum Gasteiger partial charge on any atom is -0.342 e. The lowest BCUT2D eigenvalue weighted by atomic mass is 10.1. The summed E-state index contributed by atoms with van der Waals surface area (Å²) in [6, 6.07) is 0.0743. The smallest absolute Gasteiger partial charge is 0.222 e. The molecular weight excluding hydrogens is 194 g/mol. The van der Waals surface area contributed by atoms with Gasteiger partial charge in [-0.3, -0.25) is 9.59 Å². The molecule has 1 fully saturated rings. The fourth-order valence-electron chi connectivity index (χ4n) is 1.59. The summed E-state index contributed by atoms with van der Waals surface area (Å²) in [7, 11) is 0. The molecule has 0 spiro atoms. The zero-order chi connectivity index (χ0) is 11.3. The van der Waals surface area contributed by atoms with Gasteiger partial charge in [-0.25, -0.2) is 0 Å². The van der Waals surface area contributed by atoms with E-state index >= 15 is 0 Å².